The van der Waals surface area contributed by atoms with E-state index in [0.29, 0.717) is 0 Å². The van der Waals surface area contributed by atoms with Crippen molar-refractivity contribution in [1.29, 1.82) is 0 Å². The number of rotatable bonds is 2. The van der Waals surface area contributed by atoms with Gasteiger partial charge in [-0.15, -0.1) is 0 Å². The molecule has 0 atom stereocenters. The summed E-state index contributed by atoms with van der Waals surface area (Å²) in [6.45, 7) is 6.76. The molecule has 23 heavy (non-hydrogen) atoms. The SMILES string of the molecule is CC(C)(C)c1ccc(COC(=O)n2cnc3ccccc32)cc1. The predicted molar refractivity (Wildman–Crippen MR) is 90.5 cm³/mol. The second-order valence-electron chi connectivity index (χ2n) is 6.60. The largest absolute Gasteiger partial charge is 0.444 e. The van der Waals surface area contributed by atoms with Crippen molar-refractivity contribution < 1.29 is 9.53 Å². The first kappa shape index (κ1) is 15.3. The lowest BCUT2D eigenvalue weighted by Crippen LogP contribution is -2.13. The minimum atomic E-state index is -0.418. The molecule has 4 heteroatoms. The standard InChI is InChI=1S/C19H20N2O2/c1-19(2,3)15-10-8-14(9-11-15)12-23-18(22)21-13-20-16-6-4-5-7-17(16)21/h4-11,13H,12H2,1-3H3. The van der Waals surface area contributed by atoms with Crippen LogP contribution in [0.3, 0.4) is 0 Å². The first-order chi connectivity index (χ1) is 10.9. The van der Waals surface area contributed by atoms with Gasteiger partial charge in [-0.2, -0.15) is 0 Å². The van der Waals surface area contributed by atoms with Crippen LogP contribution in [0.4, 0.5) is 4.79 Å². The molecule has 0 saturated carbocycles. The van der Waals surface area contributed by atoms with Gasteiger partial charge >= 0.3 is 6.09 Å². The lowest BCUT2D eigenvalue weighted by Gasteiger charge is -2.19. The molecular formula is C19H20N2O2. The Morgan fingerprint density at radius 3 is 2.48 bits per heavy atom. The number of ether oxygens (including phenoxy) is 1. The summed E-state index contributed by atoms with van der Waals surface area (Å²) in [7, 11) is 0. The van der Waals surface area contributed by atoms with Crippen LogP contribution in [0.5, 0.6) is 0 Å². The van der Waals surface area contributed by atoms with Crippen LogP contribution in [0.25, 0.3) is 11.0 Å². The summed E-state index contributed by atoms with van der Waals surface area (Å²) in [5, 5.41) is 0. The maximum Gasteiger partial charge on any atom is 0.420 e. The number of aromatic nitrogens is 2. The molecule has 0 aliphatic carbocycles. The van der Waals surface area contributed by atoms with E-state index >= 15 is 0 Å². The molecule has 0 unspecified atom stereocenters. The van der Waals surface area contributed by atoms with E-state index in [0.717, 1.165) is 16.6 Å². The Balaban J connectivity index is 1.69. The van der Waals surface area contributed by atoms with Crippen molar-refractivity contribution in [2.45, 2.75) is 32.8 Å². The average molecular weight is 308 g/mol. The first-order valence-electron chi connectivity index (χ1n) is 7.64. The zero-order chi connectivity index (χ0) is 16.4. The van der Waals surface area contributed by atoms with E-state index in [4.69, 9.17) is 4.74 Å². The normalized spacial score (nSPS) is 11.6. The highest BCUT2D eigenvalue weighted by molar-refractivity contribution is 5.86. The molecule has 0 fully saturated rings. The highest BCUT2D eigenvalue weighted by Crippen LogP contribution is 2.22. The van der Waals surface area contributed by atoms with Gasteiger partial charge in [0, 0.05) is 0 Å². The van der Waals surface area contributed by atoms with Crippen LogP contribution in [0.15, 0.2) is 54.9 Å². The van der Waals surface area contributed by atoms with E-state index in [-0.39, 0.29) is 12.0 Å². The summed E-state index contributed by atoms with van der Waals surface area (Å²) >= 11 is 0. The topological polar surface area (TPSA) is 44.1 Å². The fourth-order valence-corrected chi connectivity index (χ4v) is 2.42. The van der Waals surface area contributed by atoms with Gasteiger partial charge < -0.3 is 4.74 Å². The lowest BCUT2D eigenvalue weighted by molar-refractivity contribution is 0.142. The number of para-hydroxylation sites is 2. The van der Waals surface area contributed by atoms with Gasteiger partial charge in [-0.3, -0.25) is 0 Å². The van der Waals surface area contributed by atoms with Crippen molar-refractivity contribution in [2.75, 3.05) is 0 Å². The van der Waals surface area contributed by atoms with Gasteiger partial charge in [0.15, 0.2) is 0 Å². The zero-order valence-corrected chi connectivity index (χ0v) is 13.6. The number of fused-ring (bicyclic) bond motifs is 1. The van der Waals surface area contributed by atoms with Gasteiger partial charge in [-0.1, -0.05) is 57.2 Å². The summed E-state index contributed by atoms with van der Waals surface area (Å²) in [4.78, 5) is 16.4. The van der Waals surface area contributed by atoms with E-state index in [2.05, 4.69) is 37.9 Å². The average Bonchev–Trinajstić information content (AvgIpc) is 2.96. The second kappa shape index (κ2) is 5.88. The second-order valence-corrected chi connectivity index (χ2v) is 6.60. The number of carbonyl (C=O) groups is 1. The van der Waals surface area contributed by atoms with Crippen LogP contribution < -0.4 is 0 Å². The number of benzene rings is 2. The van der Waals surface area contributed by atoms with Crippen LogP contribution in [-0.2, 0) is 16.8 Å². The van der Waals surface area contributed by atoms with Crippen LogP contribution in [0.2, 0.25) is 0 Å². The predicted octanol–water partition coefficient (Wildman–Crippen LogP) is 4.52. The Bertz CT molecular complexity index is 826. The van der Waals surface area contributed by atoms with Gasteiger partial charge in [0.05, 0.1) is 11.0 Å². The lowest BCUT2D eigenvalue weighted by atomic mass is 9.87. The Hall–Kier alpha value is -2.62. The fraction of sp³-hybridized carbons (Fsp3) is 0.263. The van der Waals surface area contributed by atoms with Gasteiger partial charge in [-0.25, -0.2) is 14.3 Å². The number of hydrogen-bond acceptors (Lipinski definition) is 3. The van der Waals surface area contributed by atoms with Crippen LogP contribution in [0.1, 0.15) is 31.9 Å². The van der Waals surface area contributed by atoms with E-state index in [1.807, 2.05) is 36.4 Å². The van der Waals surface area contributed by atoms with Crippen molar-refractivity contribution in [3.63, 3.8) is 0 Å². The molecule has 0 saturated heterocycles. The fourth-order valence-electron chi connectivity index (χ4n) is 2.42. The number of hydrogen-bond donors (Lipinski definition) is 0. The maximum absolute atomic E-state index is 12.2. The number of carbonyl (C=O) groups excluding carboxylic acids is 1. The number of imidazole rings is 1. The van der Waals surface area contributed by atoms with Gasteiger partial charge in [-0.05, 0) is 28.7 Å². The summed E-state index contributed by atoms with van der Waals surface area (Å²) < 4.78 is 6.82. The van der Waals surface area contributed by atoms with Crippen molar-refractivity contribution in [3.05, 3.63) is 66.0 Å². The molecule has 118 valence electrons. The Morgan fingerprint density at radius 2 is 1.78 bits per heavy atom. The Morgan fingerprint density at radius 1 is 1.09 bits per heavy atom. The molecule has 1 aromatic heterocycles. The van der Waals surface area contributed by atoms with Crippen molar-refractivity contribution >= 4 is 17.1 Å². The molecule has 0 aliphatic heterocycles. The molecule has 3 aromatic rings. The Kier molecular flexibility index (Phi) is 3.90. The van der Waals surface area contributed by atoms with Gasteiger partial charge in [0.1, 0.15) is 12.9 Å². The molecule has 0 radical (unpaired) electrons. The van der Waals surface area contributed by atoms with Gasteiger partial charge in [0.2, 0.25) is 0 Å². The van der Waals surface area contributed by atoms with Crippen molar-refractivity contribution in [2.24, 2.45) is 0 Å². The smallest absolute Gasteiger partial charge is 0.420 e. The molecule has 0 amide bonds. The third kappa shape index (κ3) is 3.26. The van der Waals surface area contributed by atoms with Crippen molar-refractivity contribution in [3.8, 4) is 0 Å². The molecule has 1 heterocycles. The summed E-state index contributed by atoms with van der Waals surface area (Å²) in [5.41, 5.74) is 3.87. The quantitative estimate of drug-likeness (QED) is 0.699. The van der Waals surface area contributed by atoms with Crippen LogP contribution >= 0.6 is 0 Å². The molecule has 0 spiro atoms. The minimum absolute atomic E-state index is 0.116. The summed E-state index contributed by atoms with van der Waals surface area (Å²) in [6.07, 6.45) is 1.08. The maximum atomic E-state index is 12.2. The molecule has 4 nitrogen and oxygen atoms in total. The molecular weight excluding hydrogens is 288 g/mol. The zero-order valence-electron chi connectivity index (χ0n) is 13.6. The van der Waals surface area contributed by atoms with E-state index in [9.17, 15) is 4.79 Å². The third-order valence-electron chi connectivity index (χ3n) is 3.83. The molecule has 0 N–H and O–H groups in total. The Labute approximate surface area is 135 Å². The molecule has 0 bridgehead atoms. The van der Waals surface area contributed by atoms with E-state index < -0.39 is 6.09 Å². The summed E-state index contributed by atoms with van der Waals surface area (Å²) in [6, 6.07) is 15.6. The minimum Gasteiger partial charge on any atom is -0.444 e. The molecule has 3 rings (SSSR count). The first-order valence-corrected chi connectivity index (χ1v) is 7.64. The van der Waals surface area contributed by atoms with Crippen LogP contribution in [0, 0.1) is 0 Å². The van der Waals surface area contributed by atoms with Gasteiger partial charge in [0.25, 0.3) is 0 Å². The molecule has 2 aromatic carbocycles. The third-order valence-corrected chi connectivity index (χ3v) is 3.83. The molecule has 0 aliphatic rings. The van der Waals surface area contributed by atoms with E-state index in [1.165, 1.54) is 16.5 Å². The highest BCUT2D eigenvalue weighted by atomic mass is 16.5. The van der Waals surface area contributed by atoms with E-state index in [1.54, 1.807) is 0 Å². The van der Waals surface area contributed by atoms with Crippen molar-refractivity contribution in [1.82, 2.24) is 9.55 Å². The number of nitrogens with zero attached hydrogens (tertiary/aromatic N) is 2. The summed E-state index contributed by atoms with van der Waals surface area (Å²) in [5.74, 6) is 0. The van der Waals surface area contributed by atoms with Crippen LogP contribution in [-0.4, -0.2) is 15.6 Å². The highest BCUT2D eigenvalue weighted by Gasteiger charge is 2.14. The monoisotopic (exact) mass is 308 g/mol.